The fourth-order valence-corrected chi connectivity index (χ4v) is 0. The van der Waals surface area contributed by atoms with Gasteiger partial charge in [0.1, 0.15) is 18.9 Å². The van der Waals surface area contributed by atoms with E-state index in [0.717, 1.165) is 6.29 Å². The van der Waals surface area contributed by atoms with Crippen molar-refractivity contribution in [1.29, 1.82) is 0 Å². The molecule has 0 amide bonds. The molecule has 0 aliphatic heterocycles. The van der Waals surface area contributed by atoms with Crippen molar-refractivity contribution in [3.8, 4) is 0 Å². The zero-order valence-electron chi connectivity index (χ0n) is 8.76. The maximum Gasteiger partial charge on any atom is 0.373 e. The zero-order valence-corrected chi connectivity index (χ0v) is 8.76. The Morgan fingerprint density at radius 3 is 1.20 bits per heavy atom. The molecule has 0 saturated heterocycles. The number of Topliss-reactive ketones (excluding diaryl/α,β-unsaturated/α-hetero) is 1. The lowest BCUT2D eigenvalue weighted by Crippen LogP contribution is -1.69. The number of carbonyl (C=O) groups is 4. The van der Waals surface area contributed by atoms with Crippen LogP contribution in [0.4, 0.5) is 0 Å². The maximum absolute atomic E-state index is 9.44. The fraction of sp³-hybridized carbons (Fsp3) is 0.375. The van der Waals surface area contributed by atoms with E-state index in [2.05, 4.69) is 0 Å². The summed E-state index contributed by atoms with van der Waals surface area (Å²) in [6.45, 7) is 6.25. The molecule has 15 heavy (non-hydrogen) atoms. The third kappa shape index (κ3) is 252. The van der Waals surface area contributed by atoms with Gasteiger partial charge in [0, 0.05) is 0 Å². The number of ketones is 1. The first kappa shape index (κ1) is 29.3. The number of hydrogen-bond acceptors (Lipinski definition) is 6. The van der Waals surface area contributed by atoms with Crippen LogP contribution in [0.5, 0.6) is 0 Å². The second-order valence-corrected chi connectivity index (χ2v) is 1.33. The molecule has 1 N–H and O–H groups in total. The molecule has 0 aromatic heterocycles. The summed E-state index contributed by atoms with van der Waals surface area (Å²) in [5, 5.41) is 6.89. The Balaban J connectivity index is -0.0000000283. The zero-order chi connectivity index (χ0) is 13.7. The van der Waals surface area contributed by atoms with E-state index in [9.17, 15) is 4.79 Å². The van der Waals surface area contributed by atoms with Gasteiger partial charge < -0.3 is 19.5 Å². The quantitative estimate of drug-likeness (QED) is 0.559. The van der Waals surface area contributed by atoms with Crippen molar-refractivity contribution in [2.75, 3.05) is 0 Å². The lowest BCUT2D eigenvalue weighted by molar-refractivity contribution is -0.191. The second-order valence-electron chi connectivity index (χ2n) is 1.33. The van der Waals surface area contributed by atoms with Gasteiger partial charge in [0.05, 0.1) is 0 Å². The van der Waals surface area contributed by atoms with Crippen LogP contribution in [0.3, 0.4) is 0 Å². The van der Waals surface area contributed by atoms with Crippen molar-refractivity contribution in [1.82, 2.24) is 0 Å². The highest BCUT2D eigenvalue weighted by Gasteiger charge is 1.62. The fourth-order valence-electron chi connectivity index (χ4n) is 0. The minimum atomic E-state index is -0.250. The van der Waals surface area contributed by atoms with Crippen LogP contribution in [-0.4, -0.2) is 36.6 Å². The molecule has 0 fully saturated rings. The molecule has 0 unspecified atom stereocenters. The van der Waals surface area contributed by atoms with Crippen LogP contribution in [-0.2, 0) is 28.8 Å². The summed E-state index contributed by atoms with van der Waals surface area (Å²) in [6.07, 6.45) is 1.00. The Hall–Kier alpha value is -2.14. The van der Waals surface area contributed by atoms with Crippen LogP contribution in [0, 0.1) is 0 Å². The van der Waals surface area contributed by atoms with Crippen LogP contribution in [0.2, 0.25) is 0 Å². The third-order valence-electron chi connectivity index (χ3n) is 0. The molecule has 88 valence electrons. The second kappa shape index (κ2) is 93.9. The van der Waals surface area contributed by atoms with E-state index in [1.165, 1.54) is 20.8 Å². The molecule has 0 aromatic carbocycles. The Morgan fingerprint density at radius 2 is 1.20 bits per heavy atom. The van der Waals surface area contributed by atoms with Crippen LogP contribution in [0.15, 0.2) is 0 Å². The van der Waals surface area contributed by atoms with Gasteiger partial charge in [-0.1, -0.05) is 0 Å². The highest BCUT2D eigenvalue weighted by Crippen LogP contribution is 1.50. The first-order valence-corrected chi connectivity index (χ1v) is 3.21. The minimum Gasteiger partial charge on any atom is -0.483 e. The Kier molecular flexibility index (Phi) is 183. The molecule has 0 radical (unpaired) electrons. The van der Waals surface area contributed by atoms with E-state index in [-0.39, 0.29) is 18.4 Å². The lowest BCUT2D eigenvalue weighted by Gasteiger charge is -1.56. The third-order valence-corrected chi connectivity index (χ3v) is 0. The normalized spacial score (nSPS) is 4.20. The monoisotopic (exact) mass is 222 g/mol. The van der Waals surface area contributed by atoms with E-state index in [1.807, 2.05) is 6.79 Å². The Morgan fingerprint density at radius 1 is 1.20 bits per heavy atom. The highest BCUT2D eigenvalue weighted by molar-refractivity contribution is 5.72. The van der Waals surface area contributed by atoms with Crippen molar-refractivity contribution >= 4 is 31.5 Å². The smallest absolute Gasteiger partial charge is 0.373 e. The SMILES string of the molecule is C=O.CC(C)=O.CC=O.O=C=O.O=CO. The summed E-state index contributed by atoms with van der Waals surface area (Å²) < 4.78 is 0. The maximum atomic E-state index is 9.44. The summed E-state index contributed by atoms with van der Waals surface area (Å²) in [5.41, 5.74) is 0. The van der Waals surface area contributed by atoms with E-state index < -0.39 is 0 Å². The summed E-state index contributed by atoms with van der Waals surface area (Å²) in [5.74, 6) is 0.167. The van der Waals surface area contributed by atoms with Gasteiger partial charge in [-0.15, -0.1) is 0 Å². The average Bonchev–Trinajstić information content (AvgIpc) is 2.09. The molecule has 0 aliphatic rings. The topological polar surface area (TPSA) is 123 Å². The molecule has 0 atom stereocenters. The molecular formula is C8H14O7. The van der Waals surface area contributed by atoms with Gasteiger partial charge in [-0.2, -0.15) is 9.59 Å². The van der Waals surface area contributed by atoms with Crippen LogP contribution < -0.4 is 0 Å². The van der Waals surface area contributed by atoms with Crippen LogP contribution in [0.25, 0.3) is 0 Å². The average molecular weight is 222 g/mol. The predicted molar refractivity (Wildman–Crippen MR) is 48.9 cm³/mol. The van der Waals surface area contributed by atoms with Gasteiger partial charge in [0.2, 0.25) is 0 Å². The molecule has 7 heteroatoms. The molecular weight excluding hydrogens is 208 g/mol. The van der Waals surface area contributed by atoms with Gasteiger partial charge in [0.15, 0.2) is 0 Å². The summed E-state index contributed by atoms with van der Waals surface area (Å²) in [4.78, 5) is 50.9. The van der Waals surface area contributed by atoms with E-state index >= 15 is 0 Å². The van der Waals surface area contributed by atoms with Gasteiger partial charge in [-0.05, 0) is 20.8 Å². The van der Waals surface area contributed by atoms with E-state index in [1.54, 1.807) is 0 Å². The molecule has 0 bridgehead atoms. The van der Waals surface area contributed by atoms with Crippen molar-refractivity contribution in [3.63, 3.8) is 0 Å². The van der Waals surface area contributed by atoms with Gasteiger partial charge in [-0.3, -0.25) is 4.79 Å². The van der Waals surface area contributed by atoms with E-state index in [0.29, 0.717) is 0 Å². The first-order valence-electron chi connectivity index (χ1n) is 3.21. The molecule has 0 aliphatic carbocycles. The molecule has 7 nitrogen and oxygen atoms in total. The van der Waals surface area contributed by atoms with Gasteiger partial charge in [-0.25, -0.2) is 0 Å². The van der Waals surface area contributed by atoms with Crippen molar-refractivity contribution < 1.29 is 33.9 Å². The number of hydrogen-bond donors (Lipinski definition) is 1. The van der Waals surface area contributed by atoms with Crippen molar-refractivity contribution in [2.45, 2.75) is 20.8 Å². The number of carbonyl (C=O) groups excluding carboxylic acids is 5. The highest BCUT2D eigenvalue weighted by atomic mass is 16.3. The minimum absolute atomic E-state index is 0.167. The van der Waals surface area contributed by atoms with Crippen LogP contribution >= 0.6 is 0 Å². The summed E-state index contributed by atoms with van der Waals surface area (Å²) >= 11 is 0. The largest absolute Gasteiger partial charge is 0.483 e. The predicted octanol–water partition coefficient (Wildman–Crippen LogP) is -0.267. The van der Waals surface area contributed by atoms with Crippen LogP contribution in [0.1, 0.15) is 20.8 Å². The lowest BCUT2D eigenvalue weighted by atomic mass is 10.6. The molecule has 0 spiro atoms. The summed E-state index contributed by atoms with van der Waals surface area (Å²) in [7, 11) is 0. The standard InChI is InChI=1S/C3H6O.C2H4O.CH2O2.CO2.CH2O/c1-3(2)4;1-2-3;2*2-1-3;1-2/h1-2H3;2H,1H3;1H,(H,2,3);;1H2. The van der Waals surface area contributed by atoms with Gasteiger partial charge in [0.25, 0.3) is 6.47 Å². The summed E-state index contributed by atoms with van der Waals surface area (Å²) in [6, 6.07) is 0. The Labute approximate surface area is 87.1 Å². The number of rotatable bonds is 0. The van der Waals surface area contributed by atoms with E-state index in [4.69, 9.17) is 29.1 Å². The molecule has 0 aromatic rings. The number of carboxylic acid groups (broad SMARTS) is 1. The Bertz CT molecular complexity index is 148. The molecule has 0 rings (SSSR count). The van der Waals surface area contributed by atoms with Crippen molar-refractivity contribution in [2.24, 2.45) is 0 Å². The first-order chi connectivity index (χ1) is 6.97. The van der Waals surface area contributed by atoms with Gasteiger partial charge >= 0.3 is 6.15 Å². The van der Waals surface area contributed by atoms with Crippen molar-refractivity contribution in [3.05, 3.63) is 0 Å². The number of aldehydes is 1. The molecule has 0 saturated carbocycles. The molecule has 0 heterocycles.